The lowest BCUT2D eigenvalue weighted by molar-refractivity contribution is 0.0743. The molecule has 2 N–H and O–H groups in total. The van der Waals surface area contributed by atoms with Crippen LogP contribution in [0.15, 0.2) is 46.9 Å². The van der Waals surface area contributed by atoms with Gasteiger partial charge in [-0.2, -0.15) is 0 Å². The first-order chi connectivity index (χ1) is 11.1. The molecular formula is C17H17BrN2O3. The lowest BCUT2D eigenvalue weighted by Crippen LogP contribution is -2.48. The van der Waals surface area contributed by atoms with Crippen LogP contribution in [-0.4, -0.2) is 47.2 Å². The van der Waals surface area contributed by atoms with E-state index < -0.39 is 0 Å². The number of hydrogen-bond donors (Lipinski definition) is 2. The number of anilines is 1. The van der Waals surface area contributed by atoms with Crippen molar-refractivity contribution < 1.29 is 15.0 Å². The molecule has 0 saturated carbocycles. The minimum atomic E-state index is -0.180. The van der Waals surface area contributed by atoms with Crippen molar-refractivity contribution in [3.63, 3.8) is 0 Å². The Morgan fingerprint density at radius 1 is 0.957 bits per heavy atom. The van der Waals surface area contributed by atoms with E-state index in [2.05, 4.69) is 20.8 Å². The van der Waals surface area contributed by atoms with Gasteiger partial charge in [-0.3, -0.25) is 4.79 Å². The number of piperazine rings is 1. The van der Waals surface area contributed by atoms with Gasteiger partial charge in [0.15, 0.2) is 0 Å². The van der Waals surface area contributed by atoms with Crippen molar-refractivity contribution >= 4 is 27.5 Å². The maximum Gasteiger partial charge on any atom is 0.257 e. The average molecular weight is 377 g/mol. The van der Waals surface area contributed by atoms with Crippen molar-refractivity contribution in [3.05, 3.63) is 52.5 Å². The monoisotopic (exact) mass is 376 g/mol. The topological polar surface area (TPSA) is 64.0 Å². The summed E-state index contributed by atoms with van der Waals surface area (Å²) in [5, 5.41) is 19.8. The molecular weight excluding hydrogens is 360 g/mol. The van der Waals surface area contributed by atoms with Crippen molar-refractivity contribution in [2.24, 2.45) is 0 Å². The van der Waals surface area contributed by atoms with Crippen LogP contribution in [-0.2, 0) is 0 Å². The Hall–Kier alpha value is -2.21. The molecule has 0 aliphatic carbocycles. The van der Waals surface area contributed by atoms with E-state index in [9.17, 15) is 15.0 Å². The van der Waals surface area contributed by atoms with Crippen molar-refractivity contribution in [2.75, 3.05) is 31.1 Å². The van der Waals surface area contributed by atoms with Crippen molar-refractivity contribution in [2.45, 2.75) is 0 Å². The maximum absolute atomic E-state index is 12.6. The number of aromatic hydroxyl groups is 2. The van der Waals surface area contributed by atoms with Gasteiger partial charge >= 0.3 is 0 Å². The van der Waals surface area contributed by atoms with Gasteiger partial charge in [0, 0.05) is 30.7 Å². The number of amides is 1. The predicted molar refractivity (Wildman–Crippen MR) is 92.0 cm³/mol. The summed E-state index contributed by atoms with van der Waals surface area (Å²) < 4.78 is 0.756. The van der Waals surface area contributed by atoms with Crippen LogP contribution in [0.5, 0.6) is 11.5 Å². The summed E-state index contributed by atoms with van der Waals surface area (Å²) in [6.07, 6.45) is 0. The highest BCUT2D eigenvalue weighted by Gasteiger charge is 2.25. The summed E-state index contributed by atoms with van der Waals surface area (Å²) in [4.78, 5) is 16.3. The molecule has 0 bridgehead atoms. The fourth-order valence-corrected chi connectivity index (χ4v) is 3.09. The number of carbonyl (C=O) groups is 1. The number of benzene rings is 2. The largest absolute Gasteiger partial charge is 0.507 e. The zero-order chi connectivity index (χ0) is 16.4. The summed E-state index contributed by atoms with van der Waals surface area (Å²) in [5.74, 6) is 0.0546. The van der Waals surface area contributed by atoms with Gasteiger partial charge in [0.05, 0.1) is 11.3 Å². The Morgan fingerprint density at radius 2 is 1.65 bits per heavy atom. The molecule has 0 atom stereocenters. The molecule has 2 aromatic rings. The summed E-state index contributed by atoms with van der Waals surface area (Å²) in [6.45, 7) is 2.36. The van der Waals surface area contributed by atoms with Crippen LogP contribution in [0.4, 0.5) is 5.69 Å². The first kappa shape index (κ1) is 15.7. The van der Waals surface area contributed by atoms with E-state index in [-0.39, 0.29) is 17.4 Å². The standard InChI is InChI=1S/C17H17BrN2O3/c18-12-5-6-15(21)13(11-12)17(23)20-9-7-19(8-10-20)14-3-1-2-4-16(14)22/h1-6,11,21-22H,7-10H2. The Bertz CT molecular complexity index is 728. The number of phenols is 2. The molecule has 2 aromatic carbocycles. The Kier molecular flexibility index (Phi) is 4.43. The minimum Gasteiger partial charge on any atom is -0.507 e. The van der Waals surface area contributed by atoms with Crippen molar-refractivity contribution in [1.82, 2.24) is 4.90 Å². The van der Waals surface area contributed by atoms with E-state index in [4.69, 9.17) is 0 Å². The number of carbonyl (C=O) groups excluding carboxylic acids is 1. The normalized spacial score (nSPS) is 14.8. The Morgan fingerprint density at radius 3 is 2.35 bits per heavy atom. The maximum atomic E-state index is 12.6. The smallest absolute Gasteiger partial charge is 0.257 e. The van der Waals surface area contributed by atoms with E-state index in [0.717, 1.165) is 10.2 Å². The molecule has 0 radical (unpaired) electrons. The van der Waals surface area contributed by atoms with Gasteiger partial charge in [-0.1, -0.05) is 28.1 Å². The van der Waals surface area contributed by atoms with Gasteiger partial charge in [-0.15, -0.1) is 0 Å². The van der Waals surface area contributed by atoms with Crippen LogP contribution in [0, 0.1) is 0 Å². The van der Waals surface area contributed by atoms with Gasteiger partial charge in [-0.05, 0) is 30.3 Å². The Labute approximate surface area is 142 Å². The number of hydrogen-bond acceptors (Lipinski definition) is 4. The number of phenolic OH excluding ortho intramolecular Hbond substituents is 2. The molecule has 5 nitrogen and oxygen atoms in total. The summed E-state index contributed by atoms with van der Waals surface area (Å²) in [6, 6.07) is 12.0. The predicted octanol–water partition coefficient (Wildman–Crippen LogP) is 2.82. The molecule has 6 heteroatoms. The van der Waals surface area contributed by atoms with E-state index in [0.29, 0.717) is 31.7 Å². The van der Waals surface area contributed by atoms with Crippen LogP contribution >= 0.6 is 15.9 Å². The summed E-state index contributed by atoms with van der Waals surface area (Å²) >= 11 is 3.32. The minimum absolute atomic E-state index is 0.0127. The van der Waals surface area contributed by atoms with E-state index >= 15 is 0 Å². The third kappa shape index (κ3) is 3.27. The highest BCUT2D eigenvalue weighted by Crippen LogP contribution is 2.28. The molecule has 23 heavy (non-hydrogen) atoms. The second kappa shape index (κ2) is 6.50. The molecule has 1 heterocycles. The van der Waals surface area contributed by atoms with Gasteiger partial charge < -0.3 is 20.0 Å². The van der Waals surface area contributed by atoms with Crippen LogP contribution in [0.25, 0.3) is 0 Å². The molecule has 120 valence electrons. The van der Waals surface area contributed by atoms with Crippen LogP contribution in [0.3, 0.4) is 0 Å². The SMILES string of the molecule is O=C(c1cc(Br)ccc1O)N1CCN(c2ccccc2O)CC1. The van der Waals surface area contributed by atoms with Crippen LogP contribution in [0.2, 0.25) is 0 Å². The van der Waals surface area contributed by atoms with Crippen LogP contribution < -0.4 is 4.90 Å². The van der Waals surface area contributed by atoms with Crippen molar-refractivity contribution in [1.29, 1.82) is 0 Å². The van der Waals surface area contributed by atoms with E-state index in [1.54, 1.807) is 29.2 Å². The zero-order valence-corrected chi connectivity index (χ0v) is 14.0. The van der Waals surface area contributed by atoms with E-state index in [1.165, 1.54) is 6.07 Å². The third-order valence-electron chi connectivity index (χ3n) is 3.98. The molecule has 1 aliphatic rings. The second-order valence-corrected chi connectivity index (χ2v) is 6.35. The molecule has 1 saturated heterocycles. The molecule has 1 amide bonds. The van der Waals surface area contributed by atoms with Gasteiger partial charge in [0.2, 0.25) is 0 Å². The molecule has 0 aromatic heterocycles. The first-order valence-electron chi connectivity index (χ1n) is 7.37. The highest BCUT2D eigenvalue weighted by molar-refractivity contribution is 9.10. The average Bonchev–Trinajstić information content (AvgIpc) is 2.57. The number of nitrogens with zero attached hydrogens (tertiary/aromatic N) is 2. The number of halogens is 1. The summed E-state index contributed by atoms with van der Waals surface area (Å²) in [7, 11) is 0. The van der Waals surface area contributed by atoms with Gasteiger partial charge in [0.25, 0.3) is 5.91 Å². The fraction of sp³-hybridized carbons (Fsp3) is 0.235. The summed E-state index contributed by atoms with van der Waals surface area (Å²) in [5.41, 5.74) is 1.08. The lowest BCUT2D eigenvalue weighted by Gasteiger charge is -2.36. The Balaban J connectivity index is 1.70. The first-order valence-corrected chi connectivity index (χ1v) is 8.16. The molecule has 0 spiro atoms. The molecule has 0 unspecified atom stereocenters. The molecule has 3 rings (SSSR count). The lowest BCUT2D eigenvalue weighted by atomic mass is 10.1. The van der Waals surface area contributed by atoms with Gasteiger partial charge in [-0.25, -0.2) is 0 Å². The highest BCUT2D eigenvalue weighted by atomic mass is 79.9. The zero-order valence-electron chi connectivity index (χ0n) is 12.4. The quantitative estimate of drug-likeness (QED) is 0.845. The number of rotatable bonds is 2. The molecule has 1 fully saturated rings. The van der Waals surface area contributed by atoms with Crippen LogP contribution in [0.1, 0.15) is 10.4 Å². The van der Waals surface area contributed by atoms with E-state index in [1.807, 2.05) is 12.1 Å². The fourth-order valence-electron chi connectivity index (χ4n) is 2.73. The number of para-hydroxylation sites is 2. The second-order valence-electron chi connectivity index (χ2n) is 5.43. The van der Waals surface area contributed by atoms with Gasteiger partial charge in [0.1, 0.15) is 11.5 Å². The third-order valence-corrected chi connectivity index (χ3v) is 4.47. The molecule has 1 aliphatic heterocycles. The van der Waals surface area contributed by atoms with Crippen molar-refractivity contribution in [3.8, 4) is 11.5 Å².